The molecule has 4 nitrogen and oxygen atoms in total. The molecule has 0 radical (unpaired) electrons. The molecule has 3 rings (SSSR count). The predicted octanol–water partition coefficient (Wildman–Crippen LogP) is 2.97. The monoisotopic (exact) mass is 377 g/mol. The molecule has 8 heteroatoms. The minimum atomic E-state index is -4.79. The topological polar surface area (TPSA) is 44.4 Å². The first-order chi connectivity index (χ1) is 11.4. The van der Waals surface area contributed by atoms with E-state index in [-0.39, 0.29) is 24.9 Å². The van der Waals surface area contributed by atoms with E-state index in [2.05, 4.69) is 28.4 Å². The van der Waals surface area contributed by atoms with Crippen LogP contribution in [0.25, 0.3) is 0 Å². The third-order valence-corrected chi connectivity index (χ3v) is 4.84. The molecule has 1 saturated heterocycles. The van der Waals surface area contributed by atoms with E-state index >= 15 is 0 Å². The number of fused-ring (bicyclic) bond motifs is 1. The molecule has 2 heterocycles. The summed E-state index contributed by atoms with van der Waals surface area (Å²) in [4.78, 5) is 13.2. The number of rotatable bonds is 4. The van der Waals surface area contributed by atoms with Gasteiger partial charge in [-0.3, -0.25) is 9.69 Å². The van der Waals surface area contributed by atoms with E-state index in [1.165, 1.54) is 16.8 Å². The molecule has 140 valence electrons. The molecule has 0 atom stereocenters. The number of benzene rings is 1. The predicted molar refractivity (Wildman–Crippen MR) is 92.9 cm³/mol. The maximum atomic E-state index is 12.2. The largest absolute Gasteiger partial charge is 0.471 e. The lowest BCUT2D eigenvalue weighted by molar-refractivity contribution is -0.173. The summed E-state index contributed by atoms with van der Waals surface area (Å²) in [5.41, 5.74) is 3.89. The number of likely N-dealkylation sites (tertiary alicyclic amines) is 1. The standard InChI is InChI=1S/C17H22F3N3O.ClH/c18-17(19,20)16(24)22-10-12-5-8-23(9-6-12)11-14-3-1-2-13-4-7-21-15(13)14;/h1-3,12,21H,4-11H2,(H,22,24);1H. The zero-order valence-electron chi connectivity index (χ0n) is 13.9. The number of nitrogens with zero attached hydrogens (tertiary/aromatic N) is 1. The Balaban J connectivity index is 0.00000225. The second-order valence-corrected chi connectivity index (χ2v) is 6.56. The molecule has 0 bridgehead atoms. The number of nitrogens with one attached hydrogen (secondary N) is 2. The average Bonchev–Trinajstić information content (AvgIpc) is 3.02. The van der Waals surface area contributed by atoms with Crippen LogP contribution in [-0.2, 0) is 17.8 Å². The average molecular weight is 378 g/mol. The van der Waals surface area contributed by atoms with Gasteiger partial charge in [-0.15, -0.1) is 12.4 Å². The van der Waals surface area contributed by atoms with Crippen LogP contribution in [0.1, 0.15) is 24.0 Å². The van der Waals surface area contributed by atoms with Gasteiger partial charge in [-0.1, -0.05) is 18.2 Å². The summed E-state index contributed by atoms with van der Waals surface area (Å²) in [6.45, 7) is 3.63. The second-order valence-electron chi connectivity index (χ2n) is 6.56. The van der Waals surface area contributed by atoms with Gasteiger partial charge in [0.25, 0.3) is 0 Å². The Bertz CT molecular complexity index is 601. The van der Waals surface area contributed by atoms with E-state index < -0.39 is 12.1 Å². The van der Waals surface area contributed by atoms with Crippen LogP contribution in [0.5, 0.6) is 0 Å². The molecule has 1 aromatic rings. The number of hydrogen-bond acceptors (Lipinski definition) is 3. The maximum absolute atomic E-state index is 12.2. The van der Waals surface area contributed by atoms with Gasteiger partial charge in [-0.2, -0.15) is 13.2 Å². The van der Waals surface area contributed by atoms with E-state index in [0.717, 1.165) is 45.4 Å². The van der Waals surface area contributed by atoms with Crippen molar-refractivity contribution in [3.63, 3.8) is 0 Å². The second kappa shape index (κ2) is 8.27. The SMILES string of the molecule is Cl.O=C(NCC1CCN(Cc2cccc3c2NCC3)CC1)C(F)(F)F. The highest BCUT2D eigenvalue weighted by atomic mass is 35.5. The molecule has 2 N–H and O–H groups in total. The molecule has 1 aromatic carbocycles. The van der Waals surface area contributed by atoms with Gasteiger partial charge in [0, 0.05) is 25.3 Å². The smallest absolute Gasteiger partial charge is 0.384 e. The Morgan fingerprint density at radius 2 is 2.00 bits per heavy atom. The number of halogens is 4. The molecule has 0 saturated carbocycles. The first-order valence-electron chi connectivity index (χ1n) is 8.35. The number of hydrogen-bond donors (Lipinski definition) is 2. The zero-order chi connectivity index (χ0) is 17.2. The molecule has 0 aliphatic carbocycles. The van der Waals surface area contributed by atoms with E-state index in [1.54, 1.807) is 0 Å². The molecule has 1 fully saturated rings. The lowest BCUT2D eigenvalue weighted by atomic mass is 9.96. The van der Waals surface area contributed by atoms with Gasteiger partial charge in [-0.05, 0) is 49.4 Å². The van der Waals surface area contributed by atoms with E-state index in [9.17, 15) is 18.0 Å². The molecule has 0 aromatic heterocycles. The van der Waals surface area contributed by atoms with Crippen LogP contribution < -0.4 is 10.6 Å². The Morgan fingerprint density at radius 3 is 2.68 bits per heavy atom. The van der Waals surface area contributed by atoms with Gasteiger partial charge in [0.15, 0.2) is 0 Å². The summed E-state index contributed by atoms with van der Waals surface area (Å²) >= 11 is 0. The highest BCUT2D eigenvalue weighted by molar-refractivity contribution is 5.85. The summed E-state index contributed by atoms with van der Waals surface area (Å²) in [7, 11) is 0. The summed E-state index contributed by atoms with van der Waals surface area (Å²) in [5, 5.41) is 5.43. The van der Waals surface area contributed by atoms with Gasteiger partial charge >= 0.3 is 12.1 Å². The van der Waals surface area contributed by atoms with E-state index in [0.29, 0.717) is 0 Å². The molecule has 25 heavy (non-hydrogen) atoms. The molecule has 2 aliphatic heterocycles. The van der Waals surface area contributed by atoms with Crippen molar-refractivity contribution in [2.75, 3.05) is 31.5 Å². The maximum Gasteiger partial charge on any atom is 0.471 e. The lowest BCUT2D eigenvalue weighted by Gasteiger charge is -2.32. The van der Waals surface area contributed by atoms with Crippen LogP contribution in [0.15, 0.2) is 18.2 Å². The normalized spacial score (nSPS) is 18.2. The van der Waals surface area contributed by atoms with Gasteiger partial charge in [0.05, 0.1) is 0 Å². The number of anilines is 1. The van der Waals surface area contributed by atoms with Gasteiger partial charge in [0.1, 0.15) is 0 Å². The molecule has 0 spiro atoms. The third-order valence-electron chi connectivity index (χ3n) is 4.84. The van der Waals surface area contributed by atoms with Crippen LogP contribution in [-0.4, -0.2) is 43.2 Å². The fourth-order valence-corrected chi connectivity index (χ4v) is 3.47. The van der Waals surface area contributed by atoms with Crippen LogP contribution >= 0.6 is 12.4 Å². The Kier molecular flexibility index (Phi) is 6.57. The van der Waals surface area contributed by atoms with Crippen LogP contribution in [0, 0.1) is 5.92 Å². The molecular weight excluding hydrogens is 355 g/mol. The van der Waals surface area contributed by atoms with Gasteiger partial charge < -0.3 is 10.6 Å². The molecule has 2 aliphatic rings. The molecular formula is C17H23ClF3N3O. The third kappa shape index (κ3) is 5.01. The Morgan fingerprint density at radius 1 is 1.28 bits per heavy atom. The minimum Gasteiger partial charge on any atom is -0.384 e. The first-order valence-corrected chi connectivity index (χ1v) is 8.35. The molecule has 0 unspecified atom stereocenters. The number of para-hydroxylation sites is 1. The van der Waals surface area contributed by atoms with Crippen LogP contribution in [0.3, 0.4) is 0 Å². The number of piperidine rings is 1. The van der Waals surface area contributed by atoms with Crippen molar-refractivity contribution >= 4 is 24.0 Å². The van der Waals surface area contributed by atoms with Crippen molar-refractivity contribution < 1.29 is 18.0 Å². The van der Waals surface area contributed by atoms with E-state index in [4.69, 9.17) is 0 Å². The fraction of sp³-hybridized carbons (Fsp3) is 0.588. The van der Waals surface area contributed by atoms with Crippen molar-refractivity contribution in [3.8, 4) is 0 Å². The van der Waals surface area contributed by atoms with Crippen molar-refractivity contribution in [3.05, 3.63) is 29.3 Å². The fourth-order valence-electron chi connectivity index (χ4n) is 3.47. The van der Waals surface area contributed by atoms with Crippen molar-refractivity contribution in [2.45, 2.75) is 32.0 Å². The van der Waals surface area contributed by atoms with Gasteiger partial charge in [-0.25, -0.2) is 0 Å². The lowest BCUT2D eigenvalue weighted by Crippen LogP contribution is -2.42. The highest BCUT2D eigenvalue weighted by Gasteiger charge is 2.38. The van der Waals surface area contributed by atoms with Crippen molar-refractivity contribution in [1.29, 1.82) is 0 Å². The van der Waals surface area contributed by atoms with Gasteiger partial charge in [0.2, 0.25) is 0 Å². The number of amides is 1. The van der Waals surface area contributed by atoms with Crippen molar-refractivity contribution in [1.82, 2.24) is 10.2 Å². The minimum absolute atomic E-state index is 0. The number of carbonyl (C=O) groups excluding carboxylic acids is 1. The van der Waals surface area contributed by atoms with E-state index in [1.807, 2.05) is 5.32 Å². The van der Waals surface area contributed by atoms with Crippen LogP contribution in [0.2, 0.25) is 0 Å². The number of carbonyl (C=O) groups is 1. The van der Waals surface area contributed by atoms with Crippen LogP contribution in [0.4, 0.5) is 18.9 Å². The summed E-state index contributed by atoms with van der Waals surface area (Å²) < 4.78 is 36.6. The van der Waals surface area contributed by atoms with Crippen molar-refractivity contribution in [2.24, 2.45) is 5.92 Å². The molecule has 1 amide bonds. The zero-order valence-corrected chi connectivity index (χ0v) is 14.7. The first kappa shape index (κ1) is 19.8. The highest BCUT2D eigenvalue weighted by Crippen LogP contribution is 2.28. The summed E-state index contributed by atoms with van der Waals surface area (Å²) in [6, 6.07) is 6.36. The number of alkyl halides is 3. The quantitative estimate of drug-likeness (QED) is 0.848. The Labute approximate surface area is 151 Å². The Hall–Kier alpha value is -1.47. The summed E-state index contributed by atoms with van der Waals surface area (Å²) in [5.74, 6) is -1.72. The summed E-state index contributed by atoms with van der Waals surface area (Å²) in [6.07, 6.45) is -2.12.